The van der Waals surface area contributed by atoms with E-state index < -0.39 is 0 Å². The van der Waals surface area contributed by atoms with E-state index in [0.29, 0.717) is 0 Å². The van der Waals surface area contributed by atoms with Crippen LogP contribution >= 0.6 is 15.9 Å². The molecule has 0 fully saturated rings. The van der Waals surface area contributed by atoms with E-state index in [1.54, 1.807) is 7.11 Å². The van der Waals surface area contributed by atoms with Crippen molar-refractivity contribution in [2.24, 2.45) is 0 Å². The molecule has 64 valence electrons. The third kappa shape index (κ3) is 2.11. The lowest BCUT2D eigenvalue weighted by atomic mass is 10.1. The molecule has 0 bridgehead atoms. The number of halogens is 1. The average Bonchev–Trinajstić information content (AvgIpc) is 2.17. The highest BCUT2D eigenvalue weighted by molar-refractivity contribution is 9.09. The zero-order valence-electron chi connectivity index (χ0n) is 7.01. The Morgan fingerprint density at radius 1 is 1.42 bits per heavy atom. The number of alkyl halides is 1. The Hall–Kier alpha value is -0.760. The molecule has 0 aliphatic carbocycles. The lowest BCUT2D eigenvalue weighted by Crippen LogP contribution is -1.85. The van der Waals surface area contributed by atoms with Crippen LogP contribution in [-0.4, -0.2) is 12.4 Å². The molecular formula is C10H11BrO. The van der Waals surface area contributed by atoms with Crippen molar-refractivity contribution in [2.45, 2.75) is 0 Å². The van der Waals surface area contributed by atoms with Crippen LogP contribution in [0.4, 0.5) is 0 Å². The van der Waals surface area contributed by atoms with Crippen LogP contribution in [-0.2, 0) is 0 Å². The second kappa shape index (κ2) is 4.31. The predicted molar refractivity (Wildman–Crippen MR) is 55.8 cm³/mol. The zero-order valence-corrected chi connectivity index (χ0v) is 8.60. The van der Waals surface area contributed by atoms with Crippen molar-refractivity contribution in [1.82, 2.24) is 0 Å². The molecule has 0 N–H and O–H groups in total. The van der Waals surface area contributed by atoms with Crippen LogP contribution in [0.5, 0.6) is 5.75 Å². The van der Waals surface area contributed by atoms with Gasteiger partial charge in [-0.1, -0.05) is 34.6 Å². The zero-order chi connectivity index (χ0) is 8.97. The molecule has 0 aromatic heterocycles. The minimum absolute atomic E-state index is 0.805. The SMILES string of the molecule is C=C(CBr)c1ccc(OC)cc1. The first-order valence-corrected chi connectivity index (χ1v) is 4.78. The lowest BCUT2D eigenvalue weighted by Gasteiger charge is -2.03. The van der Waals surface area contributed by atoms with Gasteiger partial charge in [0.15, 0.2) is 0 Å². The Morgan fingerprint density at radius 2 is 2.00 bits per heavy atom. The van der Waals surface area contributed by atoms with Crippen molar-refractivity contribution in [3.05, 3.63) is 36.4 Å². The maximum absolute atomic E-state index is 5.04. The van der Waals surface area contributed by atoms with Gasteiger partial charge in [-0.2, -0.15) is 0 Å². The van der Waals surface area contributed by atoms with Gasteiger partial charge in [-0.15, -0.1) is 0 Å². The fourth-order valence-corrected chi connectivity index (χ4v) is 1.23. The van der Waals surface area contributed by atoms with Gasteiger partial charge in [0.05, 0.1) is 7.11 Å². The van der Waals surface area contributed by atoms with Crippen LogP contribution in [0.2, 0.25) is 0 Å². The van der Waals surface area contributed by atoms with E-state index in [2.05, 4.69) is 22.5 Å². The van der Waals surface area contributed by atoms with Gasteiger partial charge in [0.2, 0.25) is 0 Å². The summed E-state index contributed by atoms with van der Waals surface area (Å²) in [7, 11) is 1.66. The fraction of sp³-hybridized carbons (Fsp3) is 0.200. The summed E-state index contributed by atoms with van der Waals surface area (Å²) in [5.74, 6) is 0.876. The van der Waals surface area contributed by atoms with Crippen molar-refractivity contribution in [3.63, 3.8) is 0 Å². The molecule has 12 heavy (non-hydrogen) atoms. The average molecular weight is 227 g/mol. The molecule has 0 radical (unpaired) electrons. The van der Waals surface area contributed by atoms with Gasteiger partial charge in [0.25, 0.3) is 0 Å². The minimum atomic E-state index is 0.805. The second-order valence-electron chi connectivity index (χ2n) is 2.47. The predicted octanol–water partition coefficient (Wildman–Crippen LogP) is 3.10. The molecule has 1 aromatic carbocycles. The molecule has 0 aliphatic heterocycles. The summed E-state index contributed by atoms with van der Waals surface area (Å²) in [4.78, 5) is 0. The fourth-order valence-electron chi connectivity index (χ4n) is 0.904. The highest BCUT2D eigenvalue weighted by Crippen LogP contribution is 2.18. The Labute approximate surface area is 81.2 Å². The number of hydrogen-bond donors (Lipinski definition) is 0. The number of hydrogen-bond acceptors (Lipinski definition) is 1. The molecule has 0 unspecified atom stereocenters. The first kappa shape index (κ1) is 9.33. The first-order valence-electron chi connectivity index (χ1n) is 3.66. The Kier molecular flexibility index (Phi) is 3.35. The highest BCUT2D eigenvalue weighted by atomic mass is 79.9. The van der Waals surface area contributed by atoms with E-state index in [0.717, 1.165) is 22.2 Å². The van der Waals surface area contributed by atoms with Gasteiger partial charge in [-0.3, -0.25) is 0 Å². The van der Waals surface area contributed by atoms with Crippen molar-refractivity contribution < 1.29 is 4.74 Å². The summed E-state index contributed by atoms with van der Waals surface area (Å²) in [6.07, 6.45) is 0. The van der Waals surface area contributed by atoms with Gasteiger partial charge >= 0.3 is 0 Å². The smallest absolute Gasteiger partial charge is 0.118 e. The first-order chi connectivity index (χ1) is 5.77. The topological polar surface area (TPSA) is 9.23 Å². The van der Waals surface area contributed by atoms with Crippen LogP contribution in [0.1, 0.15) is 5.56 Å². The van der Waals surface area contributed by atoms with Crippen LogP contribution in [0.15, 0.2) is 30.8 Å². The van der Waals surface area contributed by atoms with Gasteiger partial charge in [0, 0.05) is 5.33 Å². The molecule has 0 saturated heterocycles. The largest absolute Gasteiger partial charge is 0.497 e. The van der Waals surface area contributed by atoms with Gasteiger partial charge in [-0.05, 0) is 23.3 Å². The maximum atomic E-state index is 5.04. The standard InChI is InChI=1S/C10H11BrO/c1-8(7-11)9-3-5-10(12-2)6-4-9/h3-6H,1,7H2,2H3. The van der Waals surface area contributed by atoms with Crippen molar-refractivity contribution in [3.8, 4) is 5.75 Å². The lowest BCUT2D eigenvalue weighted by molar-refractivity contribution is 0.415. The monoisotopic (exact) mass is 226 g/mol. The summed E-state index contributed by atoms with van der Waals surface area (Å²) in [5, 5.41) is 0.805. The van der Waals surface area contributed by atoms with Crippen molar-refractivity contribution >= 4 is 21.5 Å². The number of rotatable bonds is 3. The molecular weight excluding hydrogens is 216 g/mol. The van der Waals surface area contributed by atoms with Crippen LogP contribution in [0.3, 0.4) is 0 Å². The number of benzene rings is 1. The molecule has 1 aromatic rings. The number of methoxy groups -OCH3 is 1. The number of allylic oxidation sites excluding steroid dienone is 1. The molecule has 0 saturated carbocycles. The normalized spacial score (nSPS) is 9.50. The molecule has 2 heteroatoms. The van der Waals surface area contributed by atoms with Gasteiger partial charge < -0.3 is 4.74 Å². The van der Waals surface area contributed by atoms with E-state index in [1.165, 1.54) is 0 Å². The molecule has 0 spiro atoms. The minimum Gasteiger partial charge on any atom is -0.497 e. The molecule has 0 atom stereocenters. The maximum Gasteiger partial charge on any atom is 0.118 e. The van der Waals surface area contributed by atoms with Gasteiger partial charge in [-0.25, -0.2) is 0 Å². The molecule has 1 rings (SSSR count). The van der Waals surface area contributed by atoms with Crippen LogP contribution < -0.4 is 4.74 Å². The van der Waals surface area contributed by atoms with E-state index in [-0.39, 0.29) is 0 Å². The summed E-state index contributed by atoms with van der Waals surface area (Å²) < 4.78 is 5.04. The Bertz CT molecular complexity index is 264. The Balaban J connectivity index is 2.84. The summed E-state index contributed by atoms with van der Waals surface area (Å²) in [6.45, 7) is 3.91. The van der Waals surface area contributed by atoms with E-state index in [9.17, 15) is 0 Å². The van der Waals surface area contributed by atoms with Crippen molar-refractivity contribution in [1.29, 1.82) is 0 Å². The third-order valence-electron chi connectivity index (χ3n) is 1.66. The molecule has 1 nitrogen and oxygen atoms in total. The van der Waals surface area contributed by atoms with Crippen LogP contribution in [0, 0.1) is 0 Å². The Morgan fingerprint density at radius 3 is 2.42 bits per heavy atom. The quantitative estimate of drug-likeness (QED) is 0.721. The van der Waals surface area contributed by atoms with Crippen molar-refractivity contribution in [2.75, 3.05) is 12.4 Å². The molecule has 0 heterocycles. The third-order valence-corrected chi connectivity index (χ3v) is 2.34. The number of ether oxygens (including phenoxy) is 1. The van der Waals surface area contributed by atoms with E-state index in [4.69, 9.17) is 4.74 Å². The van der Waals surface area contributed by atoms with Gasteiger partial charge in [0.1, 0.15) is 5.75 Å². The van der Waals surface area contributed by atoms with E-state index >= 15 is 0 Å². The molecule has 0 aliphatic rings. The van der Waals surface area contributed by atoms with E-state index in [1.807, 2.05) is 24.3 Å². The molecule has 0 amide bonds. The second-order valence-corrected chi connectivity index (χ2v) is 3.03. The highest BCUT2D eigenvalue weighted by Gasteiger charge is 1.96. The van der Waals surface area contributed by atoms with Crippen LogP contribution in [0.25, 0.3) is 5.57 Å². The summed E-state index contributed by atoms with van der Waals surface area (Å²) in [6, 6.07) is 7.87. The summed E-state index contributed by atoms with van der Waals surface area (Å²) in [5.41, 5.74) is 2.23. The summed E-state index contributed by atoms with van der Waals surface area (Å²) >= 11 is 3.36.